The number of nitrogens with zero attached hydrogens (tertiary/aromatic N) is 2. The predicted octanol–water partition coefficient (Wildman–Crippen LogP) is 5.10. The molecule has 3 aromatic rings. The van der Waals surface area contributed by atoms with Crippen LogP contribution >= 0.6 is 11.3 Å². The minimum atomic E-state index is -0.826. The Bertz CT molecular complexity index is 902. The van der Waals surface area contributed by atoms with Crippen LogP contribution in [-0.4, -0.2) is 28.2 Å². The normalized spacial score (nSPS) is 18.3. The number of H-pyrrole nitrogens is 1. The van der Waals surface area contributed by atoms with Gasteiger partial charge in [0.2, 0.25) is 0 Å². The number of rotatable bonds is 4. The summed E-state index contributed by atoms with van der Waals surface area (Å²) in [5.41, 5.74) is 2.55. The summed E-state index contributed by atoms with van der Waals surface area (Å²) < 4.78 is 26.9. The maximum Gasteiger partial charge on any atom is 0.159 e. The molecule has 0 radical (unpaired) electrons. The van der Waals surface area contributed by atoms with Crippen LogP contribution in [0.4, 0.5) is 8.78 Å². The quantitative estimate of drug-likeness (QED) is 0.690. The molecule has 1 N–H and O–H groups in total. The molecule has 26 heavy (non-hydrogen) atoms. The second-order valence-electron chi connectivity index (χ2n) is 6.91. The molecule has 2 aromatic heterocycles. The Morgan fingerprint density at radius 2 is 2.12 bits per heavy atom. The summed E-state index contributed by atoms with van der Waals surface area (Å²) in [5.74, 6) is -1.34. The van der Waals surface area contributed by atoms with E-state index in [4.69, 9.17) is 0 Å². The van der Waals surface area contributed by atoms with Gasteiger partial charge in [0.1, 0.15) is 0 Å². The van der Waals surface area contributed by atoms with E-state index < -0.39 is 11.6 Å². The van der Waals surface area contributed by atoms with Crippen molar-refractivity contribution in [1.82, 2.24) is 15.1 Å². The molecule has 3 heterocycles. The van der Waals surface area contributed by atoms with Crippen molar-refractivity contribution in [2.24, 2.45) is 0 Å². The summed E-state index contributed by atoms with van der Waals surface area (Å²) in [4.78, 5) is 5.19. The summed E-state index contributed by atoms with van der Waals surface area (Å²) in [6.07, 6.45) is 3.90. The third-order valence-corrected chi connectivity index (χ3v) is 5.97. The lowest BCUT2D eigenvalue weighted by atomic mass is 9.90. The topological polar surface area (TPSA) is 31.9 Å². The van der Waals surface area contributed by atoms with Crippen LogP contribution in [0.25, 0.3) is 11.1 Å². The Kier molecular flexibility index (Phi) is 4.87. The Labute approximate surface area is 155 Å². The van der Waals surface area contributed by atoms with Crippen LogP contribution in [0.3, 0.4) is 0 Å². The Morgan fingerprint density at radius 1 is 1.23 bits per heavy atom. The SMILES string of the molecule is Cc1ccc(CN2CCC[C@@H](c3[nH]ncc3-c3ccc(F)c(F)c3)C2)s1. The predicted molar refractivity (Wildman–Crippen MR) is 100 cm³/mol. The fraction of sp³-hybridized carbons (Fsp3) is 0.350. The average Bonchev–Trinajstić information content (AvgIpc) is 3.27. The van der Waals surface area contributed by atoms with Crippen molar-refractivity contribution in [3.05, 3.63) is 63.6 Å². The largest absolute Gasteiger partial charge is 0.298 e. The third kappa shape index (κ3) is 3.57. The minimum Gasteiger partial charge on any atom is -0.298 e. The second-order valence-corrected chi connectivity index (χ2v) is 8.29. The van der Waals surface area contributed by atoms with E-state index in [1.165, 1.54) is 21.9 Å². The lowest BCUT2D eigenvalue weighted by molar-refractivity contribution is 0.200. The smallest absolute Gasteiger partial charge is 0.159 e. The average molecular weight is 373 g/mol. The van der Waals surface area contributed by atoms with Gasteiger partial charge in [-0.15, -0.1) is 11.3 Å². The summed E-state index contributed by atoms with van der Waals surface area (Å²) in [6, 6.07) is 8.40. The van der Waals surface area contributed by atoms with Gasteiger partial charge in [0.25, 0.3) is 0 Å². The summed E-state index contributed by atoms with van der Waals surface area (Å²) in [7, 11) is 0. The van der Waals surface area contributed by atoms with Gasteiger partial charge in [-0.3, -0.25) is 10.00 Å². The van der Waals surface area contributed by atoms with Gasteiger partial charge in [0.15, 0.2) is 11.6 Å². The Balaban J connectivity index is 1.54. The molecule has 4 rings (SSSR count). The van der Waals surface area contributed by atoms with Gasteiger partial charge in [0, 0.05) is 40.0 Å². The zero-order valence-corrected chi connectivity index (χ0v) is 15.5. The first-order valence-electron chi connectivity index (χ1n) is 8.86. The van der Waals surface area contributed by atoms with Gasteiger partial charge in [-0.2, -0.15) is 5.10 Å². The zero-order chi connectivity index (χ0) is 18.1. The number of benzene rings is 1. The first-order chi connectivity index (χ1) is 12.6. The lowest BCUT2D eigenvalue weighted by Crippen LogP contribution is -2.34. The molecule has 0 unspecified atom stereocenters. The maximum absolute atomic E-state index is 13.6. The molecule has 1 aliphatic rings. The maximum atomic E-state index is 13.6. The van der Waals surface area contributed by atoms with Crippen molar-refractivity contribution in [2.75, 3.05) is 13.1 Å². The van der Waals surface area contributed by atoms with Crippen LogP contribution < -0.4 is 0 Å². The molecule has 0 aliphatic carbocycles. The molecular weight excluding hydrogens is 352 g/mol. The van der Waals surface area contributed by atoms with Crippen LogP contribution in [0.15, 0.2) is 36.5 Å². The highest BCUT2D eigenvalue weighted by molar-refractivity contribution is 7.11. The Morgan fingerprint density at radius 3 is 2.88 bits per heavy atom. The fourth-order valence-electron chi connectivity index (χ4n) is 3.73. The molecule has 0 amide bonds. The monoisotopic (exact) mass is 373 g/mol. The van der Waals surface area contributed by atoms with E-state index in [2.05, 4.69) is 34.2 Å². The molecule has 0 saturated carbocycles. The van der Waals surface area contributed by atoms with E-state index >= 15 is 0 Å². The molecule has 1 aliphatic heterocycles. The highest BCUT2D eigenvalue weighted by atomic mass is 32.1. The van der Waals surface area contributed by atoms with Crippen molar-refractivity contribution >= 4 is 11.3 Å². The number of piperidine rings is 1. The zero-order valence-electron chi connectivity index (χ0n) is 14.6. The molecule has 1 fully saturated rings. The van der Waals surface area contributed by atoms with E-state index in [0.29, 0.717) is 11.5 Å². The molecule has 0 bridgehead atoms. The molecule has 1 atom stereocenters. The summed E-state index contributed by atoms with van der Waals surface area (Å²) in [6.45, 7) is 5.12. The number of nitrogens with one attached hydrogen (secondary N) is 1. The third-order valence-electron chi connectivity index (χ3n) is 4.99. The van der Waals surface area contributed by atoms with Crippen LogP contribution in [0, 0.1) is 18.6 Å². The van der Waals surface area contributed by atoms with Crippen molar-refractivity contribution in [2.45, 2.75) is 32.2 Å². The van der Waals surface area contributed by atoms with Gasteiger partial charge < -0.3 is 0 Å². The van der Waals surface area contributed by atoms with E-state index in [-0.39, 0.29) is 0 Å². The molecule has 3 nitrogen and oxygen atoms in total. The van der Waals surface area contributed by atoms with Crippen molar-refractivity contribution in [3.8, 4) is 11.1 Å². The molecule has 0 spiro atoms. The summed E-state index contributed by atoms with van der Waals surface area (Å²) in [5, 5.41) is 7.29. The number of halogens is 2. The van der Waals surface area contributed by atoms with Crippen molar-refractivity contribution in [1.29, 1.82) is 0 Å². The van der Waals surface area contributed by atoms with Crippen LogP contribution in [-0.2, 0) is 6.54 Å². The van der Waals surface area contributed by atoms with E-state index in [0.717, 1.165) is 43.7 Å². The number of aromatic amines is 1. The summed E-state index contributed by atoms with van der Waals surface area (Å²) >= 11 is 1.84. The minimum absolute atomic E-state index is 0.315. The van der Waals surface area contributed by atoms with Crippen LogP contribution in [0.1, 0.15) is 34.2 Å². The van der Waals surface area contributed by atoms with Gasteiger partial charge in [-0.05, 0) is 56.1 Å². The fourth-order valence-corrected chi connectivity index (χ4v) is 4.66. The molecule has 1 saturated heterocycles. The number of thiophene rings is 1. The van der Waals surface area contributed by atoms with Gasteiger partial charge in [-0.1, -0.05) is 6.07 Å². The highest BCUT2D eigenvalue weighted by Crippen LogP contribution is 2.34. The Hall–Kier alpha value is -2.05. The first-order valence-corrected chi connectivity index (χ1v) is 9.68. The number of hydrogen-bond donors (Lipinski definition) is 1. The highest BCUT2D eigenvalue weighted by Gasteiger charge is 2.25. The van der Waals surface area contributed by atoms with E-state index in [1.54, 1.807) is 12.3 Å². The van der Waals surface area contributed by atoms with Gasteiger partial charge >= 0.3 is 0 Å². The first kappa shape index (κ1) is 17.4. The van der Waals surface area contributed by atoms with Gasteiger partial charge in [-0.25, -0.2) is 8.78 Å². The van der Waals surface area contributed by atoms with Crippen LogP contribution in [0.5, 0.6) is 0 Å². The number of likely N-dealkylation sites (tertiary alicyclic amines) is 1. The van der Waals surface area contributed by atoms with Gasteiger partial charge in [0.05, 0.1) is 6.20 Å². The number of hydrogen-bond acceptors (Lipinski definition) is 3. The number of aryl methyl sites for hydroxylation is 1. The molecule has 1 aromatic carbocycles. The van der Waals surface area contributed by atoms with Crippen LogP contribution in [0.2, 0.25) is 0 Å². The second kappa shape index (κ2) is 7.29. The lowest BCUT2D eigenvalue weighted by Gasteiger charge is -2.32. The van der Waals surface area contributed by atoms with E-state index in [9.17, 15) is 8.78 Å². The molecule has 136 valence electrons. The van der Waals surface area contributed by atoms with Crippen molar-refractivity contribution in [3.63, 3.8) is 0 Å². The standard InChI is InChI=1S/C20H21F2N3S/c1-13-4-6-16(26-13)12-25-8-2-3-15(11-25)20-17(10-23-24-20)14-5-7-18(21)19(22)9-14/h4-7,9-10,15H,2-3,8,11-12H2,1H3,(H,23,24)/t15-/m1/s1. The van der Waals surface area contributed by atoms with E-state index in [1.807, 2.05) is 11.3 Å². The molecular formula is C20H21F2N3S. The van der Waals surface area contributed by atoms with Crippen molar-refractivity contribution < 1.29 is 8.78 Å². The molecule has 6 heteroatoms. The number of aromatic nitrogens is 2.